The summed E-state index contributed by atoms with van der Waals surface area (Å²) in [5, 5.41) is 4.99. The van der Waals surface area contributed by atoms with Crippen LogP contribution in [0.2, 0.25) is 0 Å². The van der Waals surface area contributed by atoms with Crippen molar-refractivity contribution in [3.63, 3.8) is 0 Å². The number of hydrogen-bond acceptors (Lipinski definition) is 1. The van der Waals surface area contributed by atoms with Crippen LogP contribution in [0.15, 0.2) is 169 Å². The van der Waals surface area contributed by atoms with Crippen LogP contribution in [0.3, 0.4) is 0 Å². The summed E-state index contributed by atoms with van der Waals surface area (Å²) in [5.74, 6) is 0. The van der Waals surface area contributed by atoms with Crippen molar-refractivity contribution in [3.8, 4) is 11.4 Å². The van der Waals surface area contributed by atoms with E-state index in [1.807, 2.05) is 32.2 Å². The summed E-state index contributed by atoms with van der Waals surface area (Å²) in [4.78, 5) is 4.86. The van der Waals surface area contributed by atoms with E-state index in [0.29, 0.717) is 0 Å². The first-order valence-corrected chi connectivity index (χ1v) is 18.1. The zero-order valence-corrected chi connectivity index (χ0v) is 30.0. The third-order valence-corrected chi connectivity index (χ3v) is 10.2. The Bertz CT molecular complexity index is 2710. The molecule has 252 valence electrons. The van der Waals surface area contributed by atoms with Crippen LogP contribution in [-0.4, -0.2) is 15.3 Å². The predicted molar refractivity (Wildman–Crippen MR) is 226 cm³/mol. The molecule has 3 heteroatoms. The lowest BCUT2D eigenvalue weighted by Crippen LogP contribution is -1.97. The Morgan fingerprint density at radius 2 is 1.19 bits per heavy atom. The highest BCUT2D eigenvalue weighted by Gasteiger charge is 2.20. The molecule has 6 aromatic carbocycles. The lowest BCUT2D eigenvalue weighted by atomic mass is 10.0. The molecule has 2 heterocycles. The van der Waals surface area contributed by atoms with E-state index in [0.717, 1.165) is 29.1 Å². The molecule has 0 spiro atoms. The number of aliphatic imine (C=N–C) groups is 1. The number of rotatable bonds is 7. The van der Waals surface area contributed by atoms with E-state index in [4.69, 9.17) is 4.99 Å². The van der Waals surface area contributed by atoms with Crippen molar-refractivity contribution in [1.82, 2.24) is 9.13 Å². The summed E-state index contributed by atoms with van der Waals surface area (Å²) in [7, 11) is 0. The average Bonchev–Trinajstić information content (AvgIpc) is 3.84. The average molecular weight is 672 g/mol. The zero-order chi connectivity index (χ0) is 35.8. The van der Waals surface area contributed by atoms with Crippen LogP contribution in [0.1, 0.15) is 43.0 Å². The highest BCUT2D eigenvalue weighted by atomic mass is 15.0. The van der Waals surface area contributed by atoms with Gasteiger partial charge in [-0.05, 0) is 82.8 Å². The number of fused-ring (bicyclic) bond motifs is 7. The van der Waals surface area contributed by atoms with Crippen LogP contribution in [0.5, 0.6) is 0 Å². The molecule has 8 aromatic rings. The van der Waals surface area contributed by atoms with E-state index in [-0.39, 0.29) is 0 Å². The number of allylic oxidation sites excluding steroid dienone is 4. The molecule has 1 aliphatic rings. The first kappa shape index (κ1) is 32.7. The fraction of sp³-hybridized carbons (Fsp3) is 0.0816. The maximum atomic E-state index is 4.86. The van der Waals surface area contributed by atoms with Crippen molar-refractivity contribution in [2.24, 2.45) is 4.99 Å². The first-order chi connectivity index (χ1) is 25.6. The van der Waals surface area contributed by atoms with Gasteiger partial charge in [0.15, 0.2) is 0 Å². The van der Waals surface area contributed by atoms with E-state index >= 15 is 0 Å². The van der Waals surface area contributed by atoms with Crippen LogP contribution < -0.4 is 0 Å². The lowest BCUT2D eigenvalue weighted by Gasteiger charge is -2.12. The smallest absolute Gasteiger partial charge is 0.0630 e. The van der Waals surface area contributed by atoms with Gasteiger partial charge < -0.3 is 9.13 Å². The highest BCUT2D eigenvalue weighted by molar-refractivity contribution is 6.12. The van der Waals surface area contributed by atoms with E-state index in [2.05, 4.69) is 169 Å². The van der Waals surface area contributed by atoms with Gasteiger partial charge in [0.25, 0.3) is 0 Å². The summed E-state index contributed by atoms with van der Waals surface area (Å²) in [6, 6.07) is 48.0. The van der Waals surface area contributed by atoms with Crippen molar-refractivity contribution in [2.75, 3.05) is 0 Å². The standard InChI is InChI=1S/C47H35N3.C2H6/c1-4-5-13-34-14-12-18-38-31(2)35(28-43(34)38)30-48-32(3)33-22-24-36(25-23-33)49-44-19-9-8-17-41(44)42-27-26-37(29-47(42)49)50-45-20-10-6-15-39(45)40-16-7-11-21-46(40)50;1-2/h4-27,29-30H,1,3,28H2,2H3;1-2H3/b13-5-,48-30?;. The monoisotopic (exact) mass is 671 g/mol. The number of benzene rings is 6. The second-order valence-electron chi connectivity index (χ2n) is 13.0. The molecule has 0 saturated carbocycles. The van der Waals surface area contributed by atoms with Gasteiger partial charge in [-0.3, -0.25) is 4.99 Å². The van der Waals surface area contributed by atoms with Crippen LogP contribution in [0.4, 0.5) is 0 Å². The molecule has 2 aromatic heterocycles. The molecule has 0 bridgehead atoms. The number of hydrogen-bond donors (Lipinski definition) is 0. The fourth-order valence-electron chi connectivity index (χ4n) is 7.73. The van der Waals surface area contributed by atoms with Gasteiger partial charge in [-0.15, -0.1) is 0 Å². The summed E-state index contributed by atoms with van der Waals surface area (Å²) < 4.78 is 4.76. The van der Waals surface area contributed by atoms with E-state index in [1.165, 1.54) is 71.4 Å². The van der Waals surface area contributed by atoms with Crippen LogP contribution >= 0.6 is 0 Å². The van der Waals surface area contributed by atoms with Crippen molar-refractivity contribution in [3.05, 3.63) is 187 Å². The third kappa shape index (κ3) is 5.43. The van der Waals surface area contributed by atoms with Gasteiger partial charge in [0.1, 0.15) is 0 Å². The maximum absolute atomic E-state index is 4.86. The Balaban J connectivity index is 0.00000190. The Labute approximate surface area is 305 Å². The molecule has 0 atom stereocenters. The second kappa shape index (κ2) is 13.7. The SMILES string of the molecule is C=C/C=C\c1cccc2c1CC(C=NC(=C)c1ccc(-n3c4ccccc4c4ccc(-n5c6ccccc6c6ccccc65)cc43)cc1)=C2C.CC. The van der Waals surface area contributed by atoms with Crippen molar-refractivity contribution >= 4 is 67.2 Å². The number of aromatic nitrogens is 2. The van der Waals surface area contributed by atoms with E-state index in [9.17, 15) is 0 Å². The maximum Gasteiger partial charge on any atom is 0.0630 e. The van der Waals surface area contributed by atoms with Crippen molar-refractivity contribution in [2.45, 2.75) is 27.2 Å². The molecular weight excluding hydrogens is 631 g/mol. The van der Waals surface area contributed by atoms with E-state index < -0.39 is 0 Å². The third-order valence-electron chi connectivity index (χ3n) is 10.2. The Kier molecular flexibility index (Phi) is 8.62. The van der Waals surface area contributed by atoms with E-state index in [1.54, 1.807) is 0 Å². The minimum atomic E-state index is 0.746. The van der Waals surface area contributed by atoms with Crippen LogP contribution in [0, 0.1) is 0 Å². The van der Waals surface area contributed by atoms with Gasteiger partial charge in [0.05, 0.1) is 27.8 Å². The number of para-hydroxylation sites is 3. The van der Waals surface area contributed by atoms with Crippen LogP contribution in [0.25, 0.3) is 72.3 Å². The predicted octanol–water partition coefficient (Wildman–Crippen LogP) is 13.2. The summed E-state index contributed by atoms with van der Waals surface area (Å²) in [5.41, 5.74) is 15.1. The molecule has 0 unspecified atom stereocenters. The molecule has 0 fully saturated rings. The minimum Gasteiger partial charge on any atom is -0.309 e. The molecule has 52 heavy (non-hydrogen) atoms. The van der Waals surface area contributed by atoms with Gasteiger partial charge in [-0.25, -0.2) is 0 Å². The van der Waals surface area contributed by atoms with Crippen LogP contribution in [-0.2, 0) is 6.42 Å². The Morgan fingerprint density at radius 3 is 1.81 bits per heavy atom. The molecule has 0 amide bonds. The Morgan fingerprint density at radius 1 is 0.635 bits per heavy atom. The summed E-state index contributed by atoms with van der Waals surface area (Å²) in [6.45, 7) is 14.4. The van der Waals surface area contributed by atoms with Gasteiger partial charge in [-0.1, -0.05) is 136 Å². The summed E-state index contributed by atoms with van der Waals surface area (Å²) >= 11 is 0. The van der Waals surface area contributed by atoms with Gasteiger partial charge in [-0.2, -0.15) is 0 Å². The second-order valence-corrected chi connectivity index (χ2v) is 13.0. The number of nitrogens with zero attached hydrogens (tertiary/aromatic N) is 3. The molecule has 3 nitrogen and oxygen atoms in total. The molecule has 0 aliphatic heterocycles. The normalized spacial score (nSPS) is 12.8. The largest absolute Gasteiger partial charge is 0.309 e. The van der Waals surface area contributed by atoms with Gasteiger partial charge in [0, 0.05) is 45.6 Å². The van der Waals surface area contributed by atoms with Crippen molar-refractivity contribution < 1.29 is 0 Å². The fourth-order valence-corrected chi connectivity index (χ4v) is 7.73. The molecule has 9 rings (SSSR count). The molecular formula is C49H41N3. The Hall–Kier alpha value is -6.45. The topological polar surface area (TPSA) is 22.2 Å². The molecule has 0 N–H and O–H groups in total. The molecule has 1 aliphatic carbocycles. The van der Waals surface area contributed by atoms with Gasteiger partial charge >= 0.3 is 0 Å². The zero-order valence-electron chi connectivity index (χ0n) is 30.0. The summed E-state index contributed by atoms with van der Waals surface area (Å²) in [6.07, 6.45) is 8.79. The molecule has 0 radical (unpaired) electrons. The quantitative estimate of drug-likeness (QED) is 0.119. The van der Waals surface area contributed by atoms with Crippen molar-refractivity contribution in [1.29, 1.82) is 0 Å². The highest BCUT2D eigenvalue weighted by Crippen LogP contribution is 2.38. The minimum absolute atomic E-state index is 0.746. The molecule has 0 saturated heterocycles. The lowest BCUT2D eigenvalue weighted by molar-refractivity contribution is 1.15. The first-order valence-electron chi connectivity index (χ1n) is 18.1. The van der Waals surface area contributed by atoms with Gasteiger partial charge in [0.2, 0.25) is 0 Å².